The van der Waals surface area contributed by atoms with Crippen molar-refractivity contribution in [1.29, 1.82) is 0 Å². The fourth-order valence-corrected chi connectivity index (χ4v) is 3.61. The van der Waals surface area contributed by atoms with Gasteiger partial charge in [0.1, 0.15) is 16.4 Å². The Morgan fingerprint density at radius 1 is 1.35 bits per heavy atom. The maximum Gasteiger partial charge on any atom is 0.259 e. The Morgan fingerprint density at radius 3 is 2.81 bits per heavy atom. The largest absolute Gasteiger partial charge is 0.507 e. The van der Waals surface area contributed by atoms with Gasteiger partial charge in [-0.25, -0.2) is 10.4 Å². The summed E-state index contributed by atoms with van der Waals surface area (Å²) in [7, 11) is 0. The minimum Gasteiger partial charge on any atom is -0.507 e. The van der Waals surface area contributed by atoms with E-state index in [2.05, 4.69) is 20.5 Å². The van der Waals surface area contributed by atoms with Crippen LogP contribution in [0.5, 0.6) is 5.75 Å². The third-order valence-corrected chi connectivity index (χ3v) is 5.16. The van der Waals surface area contributed by atoms with Crippen molar-refractivity contribution >= 4 is 33.2 Å². The van der Waals surface area contributed by atoms with Crippen LogP contribution in [0, 0.1) is 13.8 Å². The number of amides is 1. The fourth-order valence-electron chi connectivity index (χ4n) is 2.56. The van der Waals surface area contributed by atoms with Gasteiger partial charge in [0, 0.05) is 10.4 Å². The van der Waals surface area contributed by atoms with Gasteiger partial charge in [-0.1, -0.05) is 12.1 Å². The highest BCUT2D eigenvalue weighted by Gasteiger charge is 2.13. The van der Waals surface area contributed by atoms with Crippen molar-refractivity contribution in [3.05, 3.63) is 56.4 Å². The summed E-state index contributed by atoms with van der Waals surface area (Å²) in [5.74, 6) is -0.0354. The molecule has 0 aliphatic heterocycles. The zero-order valence-corrected chi connectivity index (χ0v) is 15.4. The maximum absolute atomic E-state index is 12.2. The van der Waals surface area contributed by atoms with Gasteiger partial charge in [0.15, 0.2) is 0 Å². The molecule has 2 aromatic heterocycles. The number of aryl methyl sites for hydroxylation is 2. The summed E-state index contributed by atoms with van der Waals surface area (Å²) in [4.78, 5) is 33.0. The third kappa shape index (κ3) is 3.50. The number of para-hydroxylation sites is 1. The smallest absolute Gasteiger partial charge is 0.259 e. The number of carbonyl (C=O) groups is 1. The zero-order chi connectivity index (χ0) is 18.8. The molecule has 8 heteroatoms. The molecule has 0 saturated carbocycles. The summed E-state index contributed by atoms with van der Waals surface area (Å²) < 4.78 is 0. The van der Waals surface area contributed by atoms with Gasteiger partial charge in [-0.05, 0) is 38.5 Å². The SMILES string of the molecule is C/C(=N\NC(=O)Cc1nc2sc(C)c(C)c2c(=O)[nH]1)c1ccccc1O. The highest BCUT2D eigenvalue weighted by molar-refractivity contribution is 7.18. The normalized spacial score (nSPS) is 11.7. The Labute approximate surface area is 153 Å². The van der Waals surface area contributed by atoms with Gasteiger partial charge in [0.25, 0.3) is 5.56 Å². The minimum absolute atomic E-state index is 0.0860. The molecule has 3 aromatic rings. The number of phenolic OH excluding ortho intramolecular Hbond substituents is 1. The van der Waals surface area contributed by atoms with Crippen molar-refractivity contribution < 1.29 is 9.90 Å². The number of thiophene rings is 1. The number of nitrogens with one attached hydrogen (secondary N) is 2. The first-order valence-electron chi connectivity index (χ1n) is 7.97. The molecule has 0 spiro atoms. The van der Waals surface area contributed by atoms with E-state index in [1.165, 1.54) is 11.3 Å². The molecule has 0 aliphatic rings. The van der Waals surface area contributed by atoms with Crippen LogP contribution in [-0.2, 0) is 11.2 Å². The van der Waals surface area contributed by atoms with E-state index < -0.39 is 5.91 Å². The first kappa shape index (κ1) is 17.8. The molecule has 1 aromatic carbocycles. The van der Waals surface area contributed by atoms with Crippen LogP contribution in [0.2, 0.25) is 0 Å². The predicted octanol–water partition coefficient (Wildman–Crippen LogP) is 2.39. The van der Waals surface area contributed by atoms with Crippen molar-refractivity contribution in [2.24, 2.45) is 5.10 Å². The molecule has 0 bridgehead atoms. The Balaban J connectivity index is 1.76. The van der Waals surface area contributed by atoms with E-state index in [-0.39, 0.29) is 23.6 Å². The van der Waals surface area contributed by atoms with Gasteiger partial charge in [-0.15, -0.1) is 11.3 Å². The lowest BCUT2D eigenvalue weighted by Gasteiger charge is -2.05. The number of H-pyrrole nitrogens is 1. The number of hydrazone groups is 1. The van der Waals surface area contributed by atoms with Crippen LogP contribution in [0.25, 0.3) is 10.2 Å². The van der Waals surface area contributed by atoms with E-state index in [4.69, 9.17) is 0 Å². The van der Waals surface area contributed by atoms with Gasteiger partial charge < -0.3 is 10.1 Å². The van der Waals surface area contributed by atoms with Gasteiger partial charge in [-0.3, -0.25) is 9.59 Å². The van der Waals surface area contributed by atoms with Crippen LogP contribution in [0.15, 0.2) is 34.2 Å². The molecule has 0 fully saturated rings. The first-order chi connectivity index (χ1) is 12.4. The molecule has 0 radical (unpaired) electrons. The number of aromatic nitrogens is 2. The molecule has 2 heterocycles. The molecule has 134 valence electrons. The Kier molecular flexibility index (Phi) is 4.85. The summed E-state index contributed by atoms with van der Waals surface area (Å²) in [6.07, 6.45) is -0.0985. The van der Waals surface area contributed by atoms with E-state index in [0.717, 1.165) is 10.4 Å². The number of phenols is 1. The summed E-state index contributed by atoms with van der Waals surface area (Å²) in [6.45, 7) is 5.50. The van der Waals surface area contributed by atoms with E-state index in [1.54, 1.807) is 31.2 Å². The topological polar surface area (TPSA) is 107 Å². The van der Waals surface area contributed by atoms with Gasteiger partial charge in [-0.2, -0.15) is 5.10 Å². The molecule has 26 heavy (non-hydrogen) atoms. The lowest BCUT2D eigenvalue weighted by Crippen LogP contribution is -2.24. The summed E-state index contributed by atoms with van der Waals surface area (Å²) >= 11 is 1.43. The lowest BCUT2D eigenvalue weighted by molar-refractivity contribution is -0.120. The number of fused-ring (bicyclic) bond motifs is 1. The molecule has 1 amide bonds. The standard InChI is InChI=1S/C18H18N4O3S/c1-9-11(3)26-18-16(9)17(25)19-14(20-18)8-15(24)22-21-10(2)12-6-4-5-7-13(12)23/h4-7,23H,8H2,1-3H3,(H,22,24)(H,19,20,25)/b21-10+. The molecule has 0 atom stereocenters. The van der Waals surface area contributed by atoms with Gasteiger partial charge in [0.05, 0.1) is 17.5 Å². The van der Waals surface area contributed by atoms with Crippen LogP contribution in [0.4, 0.5) is 0 Å². The molecular formula is C18H18N4O3S. The van der Waals surface area contributed by atoms with E-state index in [1.807, 2.05) is 13.8 Å². The molecule has 3 rings (SSSR count). The summed E-state index contributed by atoms with van der Waals surface area (Å²) in [6, 6.07) is 6.72. The highest BCUT2D eigenvalue weighted by Crippen LogP contribution is 2.25. The van der Waals surface area contributed by atoms with Gasteiger partial charge >= 0.3 is 0 Å². The molecular weight excluding hydrogens is 352 g/mol. The average molecular weight is 370 g/mol. The molecule has 3 N–H and O–H groups in total. The quantitative estimate of drug-likeness (QED) is 0.484. The van der Waals surface area contributed by atoms with Crippen molar-refractivity contribution in [2.45, 2.75) is 27.2 Å². The maximum atomic E-state index is 12.2. The number of carbonyl (C=O) groups excluding carboxylic acids is 1. The van der Waals surface area contributed by atoms with Crippen LogP contribution >= 0.6 is 11.3 Å². The number of hydrogen-bond acceptors (Lipinski definition) is 6. The number of aromatic amines is 1. The Bertz CT molecular complexity index is 1080. The van der Waals surface area contributed by atoms with E-state index >= 15 is 0 Å². The zero-order valence-electron chi connectivity index (χ0n) is 14.6. The Hall–Kier alpha value is -3.00. The third-order valence-electron chi connectivity index (χ3n) is 4.06. The van der Waals surface area contributed by atoms with Crippen LogP contribution in [0.3, 0.4) is 0 Å². The Morgan fingerprint density at radius 2 is 2.08 bits per heavy atom. The molecule has 0 aliphatic carbocycles. The van der Waals surface area contributed by atoms with Crippen LogP contribution in [-0.4, -0.2) is 26.7 Å². The monoisotopic (exact) mass is 370 g/mol. The van der Waals surface area contributed by atoms with Crippen molar-refractivity contribution in [3.63, 3.8) is 0 Å². The van der Waals surface area contributed by atoms with Crippen molar-refractivity contribution in [1.82, 2.24) is 15.4 Å². The summed E-state index contributed by atoms with van der Waals surface area (Å²) in [5, 5.41) is 14.4. The molecule has 0 unspecified atom stereocenters. The van der Waals surface area contributed by atoms with Crippen LogP contribution in [0.1, 0.15) is 28.8 Å². The van der Waals surface area contributed by atoms with E-state index in [0.29, 0.717) is 21.5 Å². The lowest BCUT2D eigenvalue weighted by atomic mass is 10.1. The van der Waals surface area contributed by atoms with Gasteiger partial charge in [0.2, 0.25) is 5.91 Å². The first-order valence-corrected chi connectivity index (χ1v) is 8.79. The number of nitrogens with zero attached hydrogens (tertiary/aromatic N) is 2. The molecule has 7 nitrogen and oxygen atoms in total. The number of hydrogen-bond donors (Lipinski definition) is 3. The second kappa shape index (κ2) is 7.09. The number of rotatable bonds is 4. The summed E-state index contributed by atoms with van der Waals surface area (Å²) in [5.41, 5.74) is 4.10. The second-order valence-electron chi connectivity index (χ2n) is 5.90. The predicted molar refractivity (Wildman–Crippen MR) is 102 cm³/mol. The number of aromatic hydroxyl groups is 1. The second-order valence-corrected chi connectivity index (χ2v) is 7.11. The van der Waals surface area contributed by atoms with Crippen LogP contribution < -0.4 is 11.0 Å². The average Bonchev–Trinajstić information content (AvgIpc) is 2.87. The number of benzene rings is 1. The van der Waals surface area contributed by atoms with Crippen molar-refractivity contribution in [3.8, 4) is 5.75 Å². The van der Waals surface area contributed by atoms with Crippen molar-refractivity contribution in [2.75, 3.05) is 0 Å². The molecule has 0 saturated heterocycles. The van der Waals surface area contributed by atoms with E-state index in [9.17, 15) is 14.7 Å². The minimum atomic E-state index is -0.410. The fraction of sp³-hybridized carbons (Fsp3) is 0.222. The highest BCUT2D eigenvalue weighted by atomic mass is 32.1.